The summed E-state index contributed by atoms with van der Waals surface area (Å²) in [6.07, 6.45) is 2.40. The van der Waals surface area contributed by atoms with Crippen molar-refractivity contribution in [2.45, 2.75) is 25.8 Å². The third-order valence-corrected chi connectivity index (χ3v) is 15.1. The molecule has 0 spiro atoms. The van der Waals surface area contributed by atoms with Crippen molar-refractivity contribution in [3.63, 3.8) is 0 Å². The molecule has 0 aliphatic heterocycles. The Kier molecular flexibility index (Phi) is 7.79. The predicted octanol–water partition coefficient (Wildman–Crippen LogP) is 12.2. The Morgan fingerprint density at radius 2 is 0.923 bits per heavy atom. The summed E-state index contributed by atoms with van der Waals surface area (Å²) >= 11 is 0. The lowest BCUT2D eigenvalue weighted by molar-refractivity contribution is 0.660. The second-order valence-corrected chi connectivity index (χ2v) is 18.7. The van der Waals surface area contributed by atoms with Crippen LogP contribution in [0.3, 0.4) is 0 Å². The molecule has 2 heteroatoms. The summed E-state index contributed by atoms with van der Waals surface area (Å²) in [5.74, 6) is 0. The van der Waals surface area contributed by atoms with Crippen molar-refractivity contribution in [2.75, 3.05) is 4.90 Å². The molecule has 1 aliphatic carbocycles. The van der Waals surface area contributed by atoms with Crippen molar-refractivity contribution in [3.8, 4) is 11.1 Å². The van der Waals surface area contributed by atoms with Gasteiger partial charge in [0.05, 0.1) is 0 Å². The van der Waals surface area contributed by atoms with Gasteiger partial charge < -0.3 is 4.90 Å². The van der Waals surface area contributed by atoms with Gasteiger partial charge in [0.1, 0.15) is 8.07 Å². The first-order valence-corrected chi connectivity index (χ1v) is 20.8. The first kappa shape index (κ1) is 32.0. The van der Waals surface area contributed by atoms with Gasteiger partial charge in [-0.25, -0.2) is 0 Å². The molecule has 0 bridgehead atoms. The minimum absolute atomic E-state index is 0.152. The van der Waals surface area contributed by atoms with Crippen molar-refractivity contribution in [2.24, 2.45) is 0 Å². The Bertz CT molecular complexity index is 2500. The number of para-hydroxylation sites is 2. The van der Waals surface area contributed by atoms with E-state index in [-0.39, 0.29) is 5.41 Å². The number of benzene rings is 8. The van der Waals surface area contributed by atoms with Gasteiger partial charge in [-0.1, -0.05) is 178 Å². The van der Waals surface area contributed by atoms with Crippen LogP contribution in [0.1, 0.15) is 30.5 Å². The van der Waals surface area contributed by atoms with Crippen LogP contribution in [0.15, 0.2) is 188 Å². The zero-order chi connectivity index (χ0) is 35.3. The summed E-state index contributed by atoms with van der Waals surface area (Å²) in [5, 5.41) is 7.99. The van der Waals surface area contributed by atoms with E-state index in [0.29, 0.717) is 0 Å². The van der Waals surface area contributed by atoms with Gasteiger partial charge in [0, 0.05) is 22.5 Å². The maximum atomic E-state index is 2.55. The molecule has 0 heterocycles. The summed E-state index contributed by atoms with van der Waals surface area (Å²) in [7, 11) is -2.31. The Labute approximate surface area is 308 Å². The molecule has 9 rings (SSSR count). The molecule has 0 saturated heterocycles. The van der Waals surface area contributed by atoms with Gasteiger partial charge in [0.2, 0.25) is 0 Å². The Morgan fingerprint density at radius 3 is 1.48 bits per heavy atom. The molecule has 0 aromatic heterocycles. The summed E-state index contributed by atoms with van der Waals surface area (Å²) in [5.41, 5.74) is 12.5. The minimum atomic E-state index is -2.31. The highest BCUT2D eigenvalue weighted by Crippen LogP contribution is 2.51. The molecule has 8 aromatic rings. The molecule has 1 aliphatic rings. The molecule has 0 saturated carbocycles. The molecule has 0 N–H and O–H groups in total. The molecule has 0 atom stereocenters. The van der Waals surface area contributed by atoms with Crippen molar-refractivity contribution < 1.29 is 0 Å². The first-order valence-electron chi connectivity index (χ1n) is 18.3. The molecule has 1 nitrogen and oxygen atoms in total. The van der Waals surface area contributed by atoms with Crippen LogP contribution in [0.5, 0.6) is 0 Å². The van der Waals surface area contributed by atoms with E-state index < -0.39 is 8.07 Å². The highest BCUT2D eigenvalue weighted by molar-refractivity contribution is 7.05. The van der Waals surface area contributed by atoms with Crippen molar-refractivity contribution in [3.05, 3.63) is 204 Å². The van der Waals surface area contributed by atoms with E-state index in [2.05, 4.69) is 219 Å². The fraction of sp³-hybridized carbons (Fsp3) is 0.0800. The standard InChI is InChI=1S/C50H41NSi/c1-50(2)48-32-36(22-28-46(48)47-29-25-43(35-49(47)50)51(41-18-6-4-7-19-41)42-20-8-5-9-21-42)30-31-52(3,44-26-23-37-14-10-12-16-39(37)33-44)45-27-24-38-15-11-13-17-40(38)34-45/h4-35H,1-3H3. The number of nitrogens with zero attached hydrogens (tertiary/aromatic N) is 1. The van der Waals surface area contributed by atoms with Gasteiger partial charge in [0.25, 0.3) is 0 Å². The van der Waals surface area contributed by atoms with Crippen LogP contribution < -0.4 is 15.3 Å². The lowest BCUT2D eigenvalue weighted by Crippen LogP contribution is -2.54. The van der Waals surface area contributed by atoms with Gasteiger partial charge >= 0.3 is 0 Å². The van der Waals surface area contributed by atoms with Crippen LogP contribution in [0.4, 0.5) is 17.1 Å². The monoisotopic (exact) mass is 683 g/mol. The lowest BCUT2D eigenvalue weighted by atomic mass is 9.82. The number of rotatable bonds is 7. The molecule has 0 amide bonds. The smallest absolute Gasteiger partial charge is 0.138 e. The zero-order valence-electron chi connectivity index (χ0n) is 29.9. The fourth-order valence-corrected chi connectivity index (χ4v) is 11.2. The van der Waals surface area contributed by atoms with Crippen LogP contribution >= 0.6 is 0 Å². The quantitative estimate of drug-likeness (QED) is 0.151. The number of hydrogen-bond acceptors (Lipinski definition) is 1. The van der Waals surface area contributed by atoms with Gasteiger partial charge in [-0.2, -0.15) is 0 Å². The summed E-state index contributed by atoms with van der Waals surface area (Å²) in [4.78, 5) is 2.36. The van der Waals surface area contributed by atoms with E-state index in [0.717, 1.165) is 11.4 Å². The summed E-state index contributed by atoms with van der Waals surface area (Å²) in [6.45, 7) is 7.26. The van der Waals surface area contributed by atoms with Crippen LogP contribution in [0, 0.1) is 0 Å². The molecular formula is C50H41NSi. The second-order valence-electron chi connectivity index (χ2n) is 14.8. The number of fused-ring (bicyclic) bond motifs is 5. The average Bonchev–Trinajstić information content (AvgIpc) is 3.42. The molecule has 0 fully saturated rings. The van der Waals surface area contributed by atoms with Gasteiger partial charge in [-0.3, -0.25) is 0 Å². The Morgan fingerprint density at radius 1 is 0.442 bits per heavy atom. The maximum absolute atomic E-state index is 2.55. The highest BCUT2D eigenvalue weighted by atomic mass is 28.3. The average molecular weight is 684 g/mol. The Hall–Kier alpha value is -5.96. The van der Waals surface area contributed by atoms with Crippen LogP contribution in [-0.2, 0) is 5.41 Å². The van der Waals surface area contributed by atoms with E-state index in [4.69, 9.17) is 0 Å². The van der Waals surface area contributed by atoms with Gasteiger partial charge in [-0.05, 0) is 96.1 Å². The highest BCUT2D eigenvalue weighted by Gasteiger charge is 2.36. The van der Waals surface area contributed by atoms with E-state index >= 15 is 0 Å². The van der Waals surface area contributed by atoms with Crippen LogP contribution in [-0.4, -0.2) is 8.07 Å². The van der Waals surface area contributed by atoms with Crippen LogP contribution in [0.2, 0.25) is 6.55 Å². The minimum Gasteiger partial charge on any atom is -0.310 e. The fourth-order valence-electron chi connectivity index (χ4n) is 8.23. The molecule has 0 radical (unpaired) electrons. The third kappa shape index (κ3) is 5.48. The van der Waals surface area contributed by atoms with E-state index in [1.807, 2.05) is 0 Å². The summed E-state index contributed by atoms with van der Waals surface area (Å²) in [6, 6.07) is 67.1. The molecule has 0 unspecified atom stereocenters. The van der Waals surface area contributed by atoms with Crippen LogP contribution in [0.25, 0.3) is 38.7 Å². The normalized spacial score (nSPS) is 13.4. The van der Waals surface area contributed by atoms with E-state index in [1.165, 1.54) is 65.4 Å². The zero-order valence-corrected chi connectivity index (χ0v) is 30.9. The van der Waals surface area contributed by atoms with Gasteiger partial charge in [-0.15, -0.1) is 0 Å². The second kappa shape index (κ2) is 12.7. The molecule has 8 aromatic carbocycles. The third-order valence-electron chi connectivity index (χ3n) is 11.3. The number of hydrogen-bond donors (Lipinski definition) is 0. The SMILES string of the molecule is CC1(C)c2cc(C=C[Si](C)(c3ccc4ccccc4c3)c3ccc4ccccc4c3)ccc2-c2ccc(N(c3ccccc3)c3ccccc3)cc21. The Balaban J connectivity index is 1.11. The van der Waals surface area contributed by atoms with Crippen molar-refractivity contribution >= 4 is 63.1 Å². The van der Waals surface area contributed by atoms with E-state index in [9.17, 15) is 0 Å². The summed E-state index contributed by atoms with van der Waals surface area (Å²) < 4.78 is 0. The number of anilines is 3. The molecular weight excluding hydrogens is 643 g/mol. The topological polar surface area (TPSA) is 3.24 Å². The first-order chi connectivity index (χ1) is 25.4. The van der Waals surface area contributed by atoms with Gasteiger partial charge in [0.15, 0.2) is 0 Å². The van der Waals surface area contributed by atoms with E-state index in [1.54, 1.807) is 0 Å². The maximum Gasteiger partial charge on any atom is 0.138 e. The molecule has 52 heavy (non-hydrogen) atoms. The largest absolute Gasteiger partial charge is 0.310 e. The lowest BCUT2D eigenvalue weighted by Gasteiger charge is -2.28. The molecule has 250 valence electrons. The van der Waals surface area contributed by atoms with Crippen molar-refractivity contribution in [1.29, 1.82) is 0 Å². The predicted molar refractivity (Wildman–Crippen MR) is 227 cm³/mol. The van der Waals surface area contributed by atoms with Crippen molar-refractivity contribution in [1.82, 2.24) is 0 Å².